The fourth-order valence-electron chi connectivity index (χ4n) is 4.11. The van der Waals surface area contributed by atoms with Crippen LogP contribution in [0.15, 0.2) is 42.7 Å². The van der Waals surface area contributed by atoms with E-state index in [9.17, 15) is 9.18 Å². The second kappa shape index (κ2) is 5.97. The number of benzene rings is 1. The third-order valence-corrected chi connectivity index (χ3v) is 5.73. The van der Waals surface area contributed by atoms with Crippen molar-refractivity contribution in [2.24, 2.45) is 0 Å². The average molecular weight is 378 g/mol. The fourth-order valence-corrected chi connectivity index (χ4v) is 4.11. The largest absolute Gasteiger partial charge is 0.362 e. The van der Waals surface area contributed by atoms with Gasteiger partial charge in [-0.3, -0.25) is 9.78 Å². The minimum Gasteiger partial charge on any atom is -0.362 e. The summed E-state index contributed by atoms with van der Waals surface area (Å²) in [4.78, 5) is 19.1. The molecule has 1 spiro atoms. The van der Waals surface area contributed by atoms with E-state index in [1.54, 1.807) is 17.9 Å². The Balaban J connectivity index is 1.73. The third-order valence-electron chi connectivity index (χ3n) is 5.73. The lowest BCUT2D eigenvalue weighted by molar-refractivity contribution is 0.0698. The highest BCUT2D eigenvalue weighted by atomic mass is 19.1. The SMILES string of the molecule is COCn1cc2c(n1)C(=O)N(C)C1(CC1)c1ccc(-c3ccc(F)cn3)cc1-2. The molecule has 1 amide bonds. The number of pyridine rings is 1. The summed E-state index contributed by atoms with van der Waals surface area (Å²) >= 11 is 0. The molecule has 6 nitrogen and oxygen atoms in total. The molecule has 142 valence electrons. The second-order valence-electron chi connectivity index (χ2n) is 7.37. The van der Waals surface area contributed by atoms with Crippen LogP contribution in [-0.4, -0.2) is 39.7 Å². The van der Waals surface area contributed by atoms with Crippen LogP contribution in [0.4, 0.5) is 4.39 Å². The van der Waals surface area contributed by atoms with Crippen molar-refractivity contribution in [3.63, 3.8) is 0 Å². The predicted molar refractivity (Wildman–Crippen MR) is 101 cm³/mol. The van der Waals surface area contributed by atoms with Crippen LogP contribution in [0.25, 0.3) is 22.4 Å². The summed E-state index contributed by atoms with van der Waals surface area (Å²) in [5.74, 6) is -0.453. The zero-order valence-electron chi connectivity index (χ0n) is 15.6. The summed E-state index contributed by atoms with van der Waals surface area (Å²) in [6.45, 7) is 0.268. The van der Waals surface area contributed by atoms with Gasteiger partial charge in [-0.05, 0) is 42.2 Å². The minimum atomic E-state index is -0.370. The van der Waals surface area contributed by atoms with Crippen LogP contribution in [0.2, 0.25) is 0 Å². The Morgan fingerprint density at radius 3 is 2.71 bits per heavy atom. The number of fused-ring (bicyclic) bond motifs is 4. The van der Waals surface area contributed by atoms with Gasteiger partial charge < -0.3 is 9.64 Å². The van der Waals surface area contributed by atoms with Gasteiger partial charge in [-0.2, -0.15) is 5.10 Å². The average Bonchev–Trinajstić information content (AvgIpc) is 3.41. The molecule has 1 aromatic carbocycles. The van der Waals surface area contributed by atoms with Crippen LogP contribution < -0.4 is 0 Å². The van der Waals surface area contributed by atoms with E-state index in [0.717, 1.165) is 35.1 Å². The zero-order valence-corrected chi connectivity index (χ0v) is 15.6. The summed E-state index contributed by atoms with van der Waals surface area (Å²) in [6, 6.07) is 9.14. The Bertz CT molecular complexity index is 1090. The lowest BCUT2D eigenvalue weighted by Gasteiger charge is -2.27. The lowest BCUT2D eigenvalue weighted by atomic mass is 9.92. The maximum Gasteiger partial charge on any atom is 0.275 e. The number of amides is 1. The normalized spacial score (nSPS) is 16.7. The minimum absolute atomic E-state index is 0.0833. The van der Waals surface area contributed by atoms with Gasteiger partial charge >= 0.3 is 0 Å². The maximum absolute atomic E-state index is 13.3. The second-order valence-corrected chi connectivity index (χ2v) is 7.37. The molecule has 0 N–H and O–H groups in total. The first-order valence-corrected chi connectivity index (χ1v) is 9.15. The fraction of sp³-hybridized carbons (Fsp3) is 0.286. The Hall–Kier alpha value is -3.06. The van der Waals surface area contributed by atoms with Gasteiger partial charge in [0.25, 0.3) is 5.91 Å². The highest BCUT2D eigenvalue weighted by Gasteiger charge is 2.53. The highest BCUT2D eigenvalue weighted by molar-refractivity contribution is 6.02. The van der Waals surface area contributed by atoms with Crippen LogP contribution >= 0.6 is 0 Å². The molecule has 1 aliphatic heterocycles. The zero-order chi connectivity index (χ0) is 19.5. The maximum atomic E-state index is 13.3. The molecule has 0 unspecified atom stereocenters. The molecule has 3 heterocycles. The van der Waals surface area contributed by atoms with Crippen molar-refractivity contribution in [1.82, 2.24) is 19.7 Å². The van der Waals surface area contributed by atoms with E-state index in [0.29, 0.717) is 11.4 Å². The number of halogens is 1. The first kappa shape index (κ1) is 17.1. The van der Waals surface area contributed by atoms with E-state index in [2.05, 4.69) is 16.1 Å². The van der Waals surface area contributed by atoms with Gasteiger partial charge in [0.2, 0.25) is 0 Å². The summed E-state index contributed by atoms with van der Waals surface area (Å²) in [5, 5.41) is 4.47. The Morgan fingerprint density at radius 2 is 2.04 bits per heavy atom. The predicted octanol–water partition coefficient (Wildman–Crippen LogP) is 3.43. The number of hydrogen-bond acceptors (Lipinski definition) is 4. The molecule has 1 saturated carbocycles. The van der Waals surface area contributed by atoms with Gasteiger partial charge in [0.15, 0.2) is 5.69 Å². The molecular formula is C21H19FN4O2. The molecule has 0 atom stereocenters. The summed E-state index contributed by atoms with van der Waals surface area (Å²) in [6.07, 6.45) is 4.92. The molecule has 1 aliphatic carbocycles. The van der Waals surface area contributed by atoms with Gasteiger partial charge in [-0.1, -0.05) is 12.1 Å². The number of ether oxygens (including phenoxy) is 1. The van der Waals surface area contributed by atoms with E-state index in [-0.39, 0.29) is 24.0 Å². The summed E-state index contributed by atoms with van der Waals surface area (Å²) < 4.78 is 20.1. The van der Waals surface area contributed by atoms with Crippen molar-refractivity contribution in [3.8, 4) is 22.4 Å². The molecule has 2 aromatic heterocycles. The van der Waals surface area contributed by atoms with E-state index in [1.165, 1.54) is 12.3 Å². The molecule has 0 bridgehead atoms. The van der Waals surface area contributed by atoms with Crippen LogP contribution in [0.5, 0.6) is 0 Å². The Labute approximate surface area is 161 Å². The monoisotopic (exact) mass is 378 g/mol. The van der Waals surface area contributed by atoms with Crippen LogP contribution in [-0.2, 0) is 17.0 Å². The molecule has 3 aromatic rings. The van der Waals surface area contributed by atoms with Gasteiger partial charge in [-0.15, -0.1) is 0 Å². The van der Waals surface area contributed by atoms with Gasteiger partial charge in [-0.25, -0.2) is 9.07 Å². The Morgan fingerprint density at radius 1 is 1.21 bits per heavy atom. The van der Waals surface area contributed by atoms with Crippen LogP contribution in [0, 0.1) is 5.82 Å². The van der Waals surface area contributed by atoms with Gasteiger partial charge in [0, 0.05) is 31.5 Å². The smallest absolute Gasteiger partial charge is 0.275 e. The number of carbonyl (C=O) groups is 1. The molecule has 7 heteroatoms. The third kappa shape index (κ3) is 2.39. The molecular weight excluding hydrogens is 359 g/mol. The Kier molecular flexibility index (Phi) is 3.64. The van der Waals surface area contributed by atoms with E-state index < -0.39 is 0 Å². The molecule has 1 fully saturated rings. The van der Waals surface area contributed by atoms with E-state index in [4.69, 9.17) is 4.74 Å². The molecule has 2 aliphatic rings. The number of rotatable bonds is 3. The van der Waals surface area contributed by atoms with E-state index >= 15 is 0 Å². The standard InChI is InChI=1S/C21H19FN4O2/c1-25-20(27)19-16(11-26(24-19)12-28-2)15-9-13(18-6-4-14(22)10-23-18)3-5-17(15)21(25)7-8-21/h3-6,9-11H,7-8,12H2,1-2H3. The number of methoxy groups -OCH3 is 1. The molecule has 28 heavy (non-hydrogen) atoms. The van der Waals surface area contributed by atoms with Crippen LogP contribution in [0.1, 0.15) is 28.9 Å². The molecule has 0 saturated heterocycles. The summed E-state index contributed by atoms with van der Waals surface area (Å²) in [5.41, 5.74) is 4.58. The number of carbonyl (C=O) groups excluding carboxylic acids is 1. The van der Waals surface area contributed by atoms with Crippen molar-refractivity contribution < 1.29 is 13.9 Å². The van der Waals surface area contributed by atoms with Crippen molar-refractivity contribution in [2.75, 3.05) is 14.2 Å². The number of nitrogens with zero attached hydrogens (tertiary/aromatic N) is 4. The van der Waals surface area contributed by atoms with Gasteiger partial charge in [0.05, 0.1) is 17.4 Å². The van der Waals surface area contributed by atoms with Crippen LogP contribution in [0.3, 0.4) is 0 Å². The van der Waals surface area contributed by atoms with Crippen molar-refractivity contribution in [2.45, 2.75) is 25.1 Å². The molecule has 0 radical (unpaired) electrons. The highest BCUT2D eigenvalue weighted by Crippen LogP contribution is 2.55. The number of hydrogen-bond donors (Lipinski definition) is 0. The van der Waals surface area contributed by atoms with Crippen molar-refractivity contribution in [3.05, 3.63) is 59.8 Å². The van der Waals surface area contributed by atoms with Gasteiger partial charge in [0.1, 0.15) is 12.5 Å². The molecule has 5 rings (SSSR count). The first-order chi connectivity index (χ1) is 13.5. The quantitative estimate of drug-likeness (QED) is 0.701. The van der Waals surface area contributed by atoms with E-state index in [1.807, 2.05) is 30.3 Å². The first-order valence-electron chi connectivity index (χ1n) is 9.15. The number of aromatic nitrogens is 3. The van der Waals surface area contributed by atoms with Crippen molar-refractivity contribution >= 4 is 5.91 Å². The topological polar surface area (TPSA) is 60.3 Å². The lowest BCUT2D eigenvalue weighted by Crippen LogP contribution is -2.36. The van der Waals surface area contributed by atoms with Crippen molar-refractivity contribution in [1.29, 1.82) is 0 Å². The summed E-state index contributed by atoms with van der Waals surface area (Å²) in [7, 11) is 3.44.